The summed E-state index contributed by atoms with van der Waals surface area (Å²) in [7, 11) is 1.68. The van der Waals surface area contributed by atoms with Gasteiger partial charge in [0.1, 0.15) is 23.9 Å². The number of rotatable bonds is 5. The van der Waals surface area contributed by atoms with Crippen molar-refractivity contribution in [3.63, 3.8) is 0 Å². The second-order valence-electron chi connectivity index (χ2n) is 7.71. The molecule has 7 nitrogen and oxygen atoms in total. The van der Waals surface area contributed by atoms with Crippen LogP contribution in [0.3, 0.4) is 0 Å². The van der Waals surface area contributed by atoms with E-state index in [1.54, 1.807) is 11.9 Å². The number of likely N-dealkylation sites (tertiary alicyclic amines) is 1. The number of carbonyl (C=O) groups is 2. The van der Waals surface area contributed by atoms with Crippen LogP contribution in [-0.4, -0.2) is 53.5 Å². The number of amides is 2. The molecule has 3 atom stereocenters. The minimum atomic E-state index is -0.572. The van der Waals surface area contributed by atoms with E-state index in [0.717, 1.165) is 12.0 Å². The van der Waals surface area contributed by atoms with Crippen LogP contribution in [0, 0.1) is 17.2 Å². The van der Waals surface area contributed by atoms with Gasteiger partial charge in [-0.25, -0.2) is 0 Å². The molecule has 0 aromatic rings. The van der Waals surface area contributed by atoms with Crippen LogP contribution in [0.5, 0.6) is 0 Å². The molecule has 27 heavy (non-hydrogen) atoms. The van der Waals surface area contributed by atoms with Crippen molar-refractivity contribution < 1.29 is 9.59 Å². The molecule has 0 aliphatic carbocycles. The van der Waals surface area contributed by atoms with E-state index < -0.39 is 6.04 Å². The molecule has 0 aromatic carbocycles. The van der Waals surface area contributed by atoms with Crippen LogP contribution in [0.4, 0.5) is 0 Å². The lowest BCUT2D eigenvalue weighted by Crippen LogP contribution is -2.52. The average Bonchev–Trinajstić information content (AvgIpc) is 3.30. The van der Waals surface area contributed by atoms with Gasteiger partial charge in [0.05, 0.1) is 6.07 Å². The van der Waals surface area contributed by atoms with E-state index in [4.69, 9.17) is 0 Å². The van der Waals surface area contributed by atoms with Gasteiger partial charge in [0.15, 0.2) is 0 Å². The Hall–Kier alpha value is -2.75. The second kappa shape index (κ2) is 7.87. The molecule has 144 valence electrons. The van der Waals surface area contributed by atoms with Crippen LogP contribution < -0.4 is 10.6 Å². The first-order valence-corrected chi connectivity index (χ1v) is 9.50. The molecule has 3 aliphatic heterocycles. The molecule has 3 aliphatic rings. The Labute approximate surface area is 160 Å². The van der Waals surface area contributed by atoms with Gasteiger partial charge in [-0.2, -0.15) is 5.26 Å². The predicted molar refractivity (Wildman–Crippen MR) is 102 cm³/mol. The summed E-state index contributed by atoms with van der Waals surface area (Å²) >= 11 is 0. The lowest BCUT2D eigenvalue weighted by Gasteiger charge is -2.33. The number of likely N-dealkylation sites (N-methyl/N-ethyl adjacent to an activating group) is 1. The first kappa shape index (κ1) is 19.0. The molecule has 2 amide bonds. The summed E-state index contributed by atoms with van der Waals surface area (Å²) in [5, 5.41) is 15.7. The molecule has 0 aromatic heterocycles. The van der Waals surface area contributed by atoms with Crippen LogP contribution in [0.15, 0.2) is 35.7 Å². The summed E-state index contributed by atoms with van der Waals surface area (Å²) in [6.45, 7) is 4.65. The molecule has 3 unspecified atom stereocenters. The highest BCUT2D eigenvalue weighted by molar-refractivity contribution is 5.97. The molecule has 0 radical (unpaired) electrons. The zero-order chi connectivity index (χ0) is 19.6. The smallest absolute Gasteiger partial charge is 0.270 e. The van der Waals surface area contributed by atoms with Gasteiger partial charge in [0, 0.05) is 13.6 Å². The van der Waals surface area contributed by atoms with E-state index >= 15 is 0 Å². The van der Waals surface area contributed by atoms with Crippen molar-refractivity contribution >= 4 is 11.8 Å². The zero-order valence-electron chi connectivity index (χ0n) is 16.1. The highest BCUT2D eigenvalue weighted by Gasteiger charge is 2.38. The summed E-state index contributed by atoms with van der Waals surface area (Å²) in [6.07, 6.45) is 9.48. The van der Waals surface area contributed by atoms with Crippen molar-refractivity contribution in [2.24, 2.45) is 5.92 Å². The normalized spacial score (nSPS) is 24.3. The molecule has 1 fully saturated rings. The third-order valence-electron chi connectivity index (χ3n) is 5.27. The minimum Gasteiger partial charge on any atom is -0.368 e. The van der Waals surface area contributed by atoms with Crippen LogP contribution >= 0.6 is 0 Å². The van der Waals surface area contributed by atoms with Crippen molar-refractivity contribution in [3.05, 3.63) is 35.7 Å². The molecule has 7 heteroatoms. The highest BCUT2D eigenvalue weighted by Crippen LogP contribution is 2.24. The lowest BCUT2D eigenvalue weighted by molar-refractivity contribution is -0.143. The number of fused-ring (bicyclic) bond motifs is 1. The Bertz CT molecular complexity index is 746. The quantitative estimate of drug-likeness (QED) is 0.761. The number of nitrogens with zero attached hydrogens (tertiary/aromatic N) is 3. The summed E-state index contributed by atoms with van der Waals surface area (Å²) < 4.78 is 0. The zero-order valence-corrected chi connectivity index (χ0v) is 16.1. The fraction of sp³-hybridized carbons (Fsp3) is 0.550. The third-order valence-corrected chi connectivity index (χ3v) is 5.27. The predicted octanol–water partition coefficient (Wildman–Crippen LogP) is 1.23. The van der Waals surface area contributed by atoms with Crippen LogP contribution in [0.2, 0.25) is 0 Å². The monoisotopic (exact) mass is 369 g/mol. The molecule has 1 saturated heterocycles. The Morgan fingerprint density at radius 3 is 2.89 bits per heavy atom. The summed E-state index contributed by atoms with van der Waals surface area (Å²) in [5.41, 5.74) is 1.47. The first-order chi connectivity index (χ1) is 12.9. The SMILES string of the molecule is CC(C)CC(C(=O)N1CCCC1C#N)N(C)C(=O)C1=CC2=CC=CNC2N1. The minimum absolute atomic E-state index is 0.108. The maximum Gasteiger partial charge on any atom is 0.270 e. The first-order valence-electron chi connectivity index (χ1n) is 9.50. The molecule has 0 bridgehead atoms. The van der Waals surface area contributed by atoms with Gasteiger partial charge in [-0.05, 0) is 49.1 Å². The van der Waals surface area contributed by atoms with Crippen LogP contribution in [0.25, 0.3) is 0 Å². The summed E-state index contributed by atoms with van der Waals surface area (Å²) in [5.74, 6) is -0.0866. The molecule has 3 heterocycles. The number of dihydropyridines is 1. The Morgan fingerprint density at radius 2 is 2.22 bits per heavy atom. The number of nitriles is 1. The Balaban J connectivity index is 1.78. The Morgan fingerprint density at radius 1 is 1.44 bits per heavy atom. The molecule has 3 rings (SSSR count). The Kier molecular flexibility index (Phi) is 5.54. The topological polar surface area (TPSA) is 88.5 Å². The van der Waals surface area contributed by atoms with E-state index in [-0.39, 0.29) is 29.9 Å². The second-order valence-corrected chi connectivity index (χ2v) is 7.71. The van der Waals surface area contributed by atoms with Gasteiger partial charge < -0.3 is 20.4 Å². The van der Waals surface area contributed by atoms with E-state index in [2.05, 4.69) is 16.7 Å². The highest BCUT2D eigenvalue weighted by atomic mass is 16.2. The van der Waals surface area contributed by atoms with Crippen molar-refractivity contribution in [1.82, 2.24) is 20.4 Å². The number of nitrogens with one attached hydrogen (secondary N) is 2. The standard InChI is InChI=1S/C20H27N5O2/c1-13(2)10-17(20(27)25-9-5-7-15(25)12-21)24(3)19(26)16-11-14-6-4-8-22-18(14)23-16/h4,6,8,11,13,15,17-18,22-23H,5,7,9-10H2,1-3H3. The van der Waals surface area contributed by atoms with E-state index in [1.807, 2.05) is 38.3 Å². The van der Waals surface area contributed by atoms with Crippen molar-refractivity contribution in [2.75, 3.05) is 13.6 Å². The number of allylic oxidation sites excluding steroid dienone is 2. The number of hydrogen-bond acceptors (Lipinski definition) is 5. The number of hydrogen-bond donors (Lipinski definition) is 2. The van der Waals surface area contributed by atoms with Crippen molar-refractivity contribution in [3.8, 4) is 6.07 Å². The lowest BCUT2D eigenvalue weighted by atomic mass is 10.0. The maximum absolute atomic E-state index is 13.2. The van der Waals surface area contributed by atoms with Crippen molar-refractivity contribution in [1.29, 1.82) is 5.26 Å². The molecule has 2 N–H and O–H groups in total. The maximum atomic E-state index is 13.2. The fourth-order valence-electron chi connectivity index (χ4n) is 3.81. The van der Waals surface area contributed by atoms with Gasteiger partial charge in [0.25, 0.3) is 5.91 Å². The van der Waals surface area contributed by atoms with Gasteiger partial charge in [0.2, 0.25) is 5.91 Å². The van der Waals surface area contributed by atoms with E-state index in [9.17, 15) is 14.9 Å². The molecule has 0 spiro atoms. The van der Waals surface area contributed by atoms with E-state index in [1.165, 1.54) is 4.90 Å². The average molecular weight is 369 g/mol. The molecule has 0 saturated carbocycles. The van der Waals surface area contributed by atoms with E-state index in [0.29, 0.717) is 25.1 Å². The van der Waals surface area contributed by atoms with Crippen LogP contribution in [-0.2, 0) is 9.59 Å². The summed E-state index contributed by atoms with van der Waals surface area (Å²) in [4.78, 5) is 29.4. The molecular weight excluding hydrogens is 342 g/mol. The summed E-state index contributed by atoms with van der Waals surface area (Å²) in [6, 6.07) is 1.26. The van der Waals surface area contributed by atoms with Gasteiger partial charge in [-0.1, -0.05) is 19.9 Å². The molecular formula is C20H27N5O2. The van der Waals surface area contributed by atoms with Crippen LogP contribution in [0.1, 0.15) is 33.1 Å². The van der Waals surface area contributed by atoms with Crippen molar-refractivity contribution in [2.45, 2.75) is 51.4 Å². The largest absolute Gasteiger partial charge is 0.368 e. The number of carbonyl (C=O) groups excluding carboxylic acids is 2. The van der Waals surface area contributed by atoms with Gasteiger partial charge in [-0.15, -0.1) is 0 Å². The third kappa shape index (κ3) is 3.85. The van der Waals surface area contributed by atoms with Gasteiger partial charge >= 0.3 is 0 Å². The van der Waals surface area contributed by atoms with Gasteiger partial charge in [-0.3, -0.25) is 9.59 Å². The fourth-order valence-corrected chi connectivity index (χ4v) is 3.81.